The fraction of sp³-hybridized carbons (Fsp3) is 0.571. The Kier molecular flexibility index (Phi) is 3.74. The molecule has 2 rings (SSSR count). The highest BCUT2D eigenvalue weighted by Crippen LogP contribution is 2.50. The predicted molar refractivity (Wildman–Crippen MR) is 76.3 cm³/mol. The molecule has 0 heterocycles. The molecular weight excluding hydrogens is 300 g/mol. The molecule has 94 valence electrons. The van der Waals surface area contributed by atoms with Crippen LogP contribution >= 0.6 is 27.5 Å². The lowest BCUT2D eigenvalue weighted by atomic mass is 9.65. The van der Waals surface area contributed by atoms with Gasteiger partial charge in [0.1, 0.15) is 11.9 Å². The Balaban J connectivity index is 2.14. The van der Waals surface area contributed by atoms with Crippen LogP contribution in [0.3, 0.4) is 0 Å². The minimum atomic E-state index is 0.231. The van der Waals surface area contributed by atoms with Crippen molar-refractivity contribution in [2.75, 3.05) is 0 Å². The van der Waals surface area contributed by atoms with Crippen molar-refractivity contribution in [3.63, 3.8) is 0 Å². The third-order valence-electron chi connectivity index (χ3n) is 4.05. The molecule has 0 aromatic heterocycles. The molecule has 1 nitrogen and oxygen atoms in total. The number of alkyl halides is 1. The van der Waals surface area contributed by atoms with Gasteiger partial charge in [-0.1, -0.05) is 47.4 Å². The maximum atomic E-state index is 6.12. The van der Waals surface area contributed by atoms with Gasteiger partial charge in [0.15, 0.2) is 0 Å². The van der Waals surface area contributed by atoms with Crippen LogP contribution < -0.4 is 4.74 Å². The van der Waals surface area contributed by atoms with E-state index >= 15 is 0 Å². The minimum Gasteiger partial charge on any atom is -0.489 e. The molecular formula is C14H18BrClO. The van der Waals surface area contributed by atoms with Crippen molar-refractivity contribution in [3.8, 4) is 5.75 Å². The van der Waals surface area contributed by atoms with Gasteiger partial charge < -0.3 is 4.74 Å². The fourth-order valence-electron chi connectivity index (χ4n) is 2.25. The molecule has 1 saturated carbocycles. The summed E-state index contributed by atoms with van der Waals surface area (Å²) < 4.78 is 6.12. The summed E-state index contributed by atoms with van der Waals surface area (Å²) >= 11 is 9.73. The quantitative estimate of drug-likeness (QED) is 0.714. The van der Waals surface area contributed by atoms with Crippen LogP contribution in [0, 0.1) is 12.3 Å². The zero-order chi connectivity index (χ0) is 12.6. The number of hydrogen-bond donors (Lipinski definition) is 0. The van der Waals surface area contributed by atoms with Crippen molar-refractivity contribution in [1.82, 2.24) is 0 Å². The Hall–Kier alpha value is -0.210. The lowest BCUT2D eigenvalue weighted by Gasteiger charge is -2.50. The van der Waals surface area contributed by atoms with Crippen molar-refractivity contribution in [3.05, 3.63) is 28.8 Å². The number of hydrogen-bond acceptors (Lipinski definition) is 1. The number of benzene rings is 1. The molecule has 0 amide bonds. The summed E-state index contributed by atoms with van der Waals surface area (Å²) in [6, 6.07) is 5.82. The first-order valence-electron chi connectivity index (χ1n) is 6.04. The molecule has 0 N–H and O–H groups in total. The molecule has 1 aromatic rings. The van der Waals surface area contributed by atoms with Crippen LogP contribution in [0.1, 0.15) is 32.3 Å². The molecule has 1 fully saturated rings. The summed E-state index contributed by atoms with van der Waals surface area (Å²) in [5, 5.41) is 0.735. The molecule has 0 radical (unpaired) electrons. The fourth-order valence-corrected chi connectivity index (χ4v) is 3.37. The second-order valence-corrected chi connectivity index (χ2v) is 6.62. The first-order valence-corrected chi connectivity index (χ1v) is 7.33. The first kappa shape index (κ1) is 13.2. The largest absolute Gasteiger partial charge is 0.489 e. The second kappa shape index (κ2) is 4.81. The van der Waals surface area contributed by atoms with E-state index in [4.69, 9.17) is 16.3 Å². The van der Waals surface area contributed by atoms with Crippen LogP contribution in [-0.2, 0) is 0 Å². The third kappa shape index (κ3) is 2.34. The van der Waals surface area contributed by atoms with Crippen molar-refractivity contribution in [2.45, 2.75) is 44.5 Å². The van der Waals surface area contributed by atoms with Gasteiger partial charge in [-0.2, -0.15) is 0 Å². The Bertz CT molecular complexity index is 421. The molecule has 0 aliphatic heterocycles. The average molecular weight is 318 g/mol. The lowest BCUT2D eigenvalue weighted by molar-refractivity contribution is -0.0247. The van der Waals surface area contributed by atoms with Crippen molar-refractivity contribution in [1.29, 1.82) is 0 Å². The topological polar surface area (TPSA) is 9.23 Å². The maximum absolute atomic E-state index is 6.12. The van der Waals surface area contributed by atoms with E-state index in [9.17, 15) is 0 Å². The van der Waals surface area contributed by atoms with Crippen LogP contribution in [0.2, 0.25) is 5.02 Å². The van der Waals surface area contributed by atoms with E-state index in [1.165, 1.54) is 0 Å². The highest BCUT2D eigenvalue weighted by Gasteiger charge is 2.50. The summed E-state index contributed by atoms with van der Waals surface area (Å²) in [4.78, 5) is 0.560. The molecule has 1 aromatic carbocycles. The van der Waals surface area contributed by atoms with E-state index in [-0.39, 0.29) is 11.5 Å². The molecule has 3 heteroatoms. The van der Waals surface area contributed by atoms with E-state index in [1.807, 2.05) is 18.2 Å². The van der Waals surface area contributed by atoms with E-state index in [1.54, 1.807) is 0 Å². The smallest absolute Gasteiger partial charge is 0.124 e. The van der Waals surface area contributed by atoms with Gasteiger partial charge in [0, 0.05) is 15.3 Å². The highest BCUT2D eigenvalue weighted by molar-refractivity contribution is 9.09. The van der Waals surface area contributed by atoms with Gasteiger partial charge in [-0.15, -0.1) is 0 Å². The zero-order valence-corrected chi connectivity index (χ0v) is 12.8. The predicted octanol–water partition coefficient (Wildman–Crippen LogP) is 4.98. The zero-order valence-electron chi connectivity index (χ0n) is 10.5. The molecule has 1 aliphatic rings. The van der Waals surface area contributed by atoms with Crippen molar-refractivity contribution in [2.24, 2.45) is 5.41 Å². The van der Waals surface area contributed by atoms with Gasteiger partial charge in [-0.25, -0.2) is 0 Å². The Morgan fingerprint density at radius 3 is 2.82 bits per heavy atom. The Labute approximate surface area is 117 Å². The van der Waals surface area contributed by atoms with E-state index in [0.29, 0.717) is 4.83 Å². The number of aryl methyl sites for hydroxylation is 1. The first-order chi connectivity index (χ1) is 7.97. The SMILES string of the molecule is CCC1(C)C(Br)CC1Oc1cc(Cl)ccc1C. The van der Waals surface area contributed by atoms with Crippen molar-refractivity contribution >= 4 is 27.5 Å². The standard InChI is InChI=1S/C14H18BrClO/c1-4-14(3)12(15)8-13(14)17-11-7-10(16)6-5-9(11)2/h5-7,12-13H,4,8H2,1-3H3. The summed E-state index contributed by atoms with van der Waals surface area (Å²) in [6.07, 6.45) is 2.47. The van der Waals surface area contributed by atoms with Gasteiger partial charge >= 0.3 is 0 Å². The van der Waals surface area contributed by atoms with Gasteiger partial charge in [0.25, 0.3) is 0 Å². The van der Waals surface area contributed by atoms with Crippen LogP contribution in [-0.4, -0.2) is 10.9 Å². The molecule has 3 atom stereocenters. The highest BCUT2D eigenvalue weighted by atomic mass is 79.9. The average Bonchev–Trinajstić information content (AvgIpc) is 2.32. The number of ether oxygens (including phenoxy) is 1. The number of halogens is 2. The van der Waals surface area contributed by atoms with Crippen LogP contribution in [0.25, 0.3) is 0 Å². The van der Waals surface area contributed by atoms with E-state index < -0.39 is 0 Å². The van der Waals surface area contributed by atoms with Crippen LogP contribution in [0.4, 0.5) is 0 Å². The summed E-state index contributed by atoms with van der Waals surface area (Å²) in [5.41, 5.74) is 1.38. The van der Waals surface area contributed by atoms with Crippen LogP contribution in [0.5, 0.6) is 5.75 Å². The number of rotatable bonds is 3. The molecule has 0 bridgehead atoms. The van der Waals surface area contributed by atoms with E-state index in [0.717, 1.165) is 29.2 Å². The van der Waals surface area contributed by atoms with Gasteiger partial charge in [0.2, 0.25) is 0 Å². The summed E-state index contributed by atoms with van der Waals surface area (Å²) in [6.45, 7) is 6.55. The molecule has 1 aliphatic carbocycles. The summed E-state index contributed by atoms with van der Waals surface area (Å²) in [5.74, 6) is 0.918. The molecule has 3 unspecified atom stereocenters. The minimum absolute atomic E-state index is 0.231. The molecule has 0 spiro atoms. The maximum Gasteiger partial charge on any atom is 0.124 e. The summed E-state index contributed by atoms with van der Waals surface area (Å²) in [7, 11) is 0. The lowest BCUT2D eigenvalue weighted by Crippen LogP contribution is -2.54. The van der Waals surface area contributed by atoms with Crippen molar-refractivity contribution < 1.29 is 4.74 Å². The molecule has 0 saturated heterocycles. The second-order valence-electron chi connectivity index (χ2n) is 5.08. The van der Waals surface area contributed by atoms with Gasteiger partial charge in [-0.05, 0) is 37.5 Å². The monoisotopic (exact) mass is 316 g/mol. The van der Waals surface area contributed by atoms with Gasteiger partial charge in [0.05, 0.1) is 0 Å². The van der Waals surface area contributed by atoms with E-state index in [2.05, 4.69) is 36.7 Å². The normalized spacial score (nSPS) is 32.1. The Morgan fingerprint density at radius 2 is 2.24 bits per heavy atom. The van der Waals surface area contributed by atoms with Crippen LogP contribution in [0.15, 0.2) is 18.2 Å². The van der Waals surface area contributed by atoms with Gasteiger partial charge in [-0.3, -0.25) is 0 Å². The third-order valence-corrected chi connectivity index (χ3v) is 5.71. The Morgan fingerprint density at radius 1 is 1.53 bits per heavy atom. The molecule has 17 heavy (non-hydrogen) atoms.